The summed E-state index contributed by atoms with van der Waals surface area (Å²) in [5.74, 6) is -0.985. The van der Waals surface area contributed by atoms with Crippen molar-refractivity contribution in [2.45, 2.75) is 33.6 Å². The van der Waals surface area contributed by atoms with Gasteiger partial charge in [-0.15, -0.1) is 0 Å². The van der Waals surface area contributed by atoms with E-state index in [1.165, 1.54) is 24.1 Å². The zero-order valence-corrected chi connectivity index (χ0v) is 20.5. The minimum Gasteiger partial charge on any atom is -0.468 e. The van der Waals surface area contributed by atoms with Gasteiger partial charge < -0.3 is 19.8 Å². The fourth-order valence-electron chi connectivity index (χ4n) is 3.94. The topological polar surface area (TPSA) is 104 Å². The molecule has 0 unspecified atom stereocenters. The van der Waals surface area contributed by atoms with Crippen molar-refractivity contribution < 1.29 is 18.7 Å². The number of ether oxygens (including phenoxy) is 1. The summed E-state index contributed by atoms with van der Waals surface area (Å²) in [5, 5.41) is 16.6. The van der Waals surface area contributed by atoms with Gasteiger partial charge in [-0.3, -0.25) is 4.79 Å². The Hall–Kier alpha value is -3.70. The van der Waals surface area contributed by atoms with Crippen LogP contribution in [-0.4, -0.2) is 24.2 Å². The number of amides is 1. The maximum Gasteiger partial charge on any atom is 0.337 e. The van der Waals surface area contributed by atoms with Crippen LogP contribution in [0.25, 0.3) is 0 Å². The molecule has 0 spiro atoms. The van der Waals surface area contributed by atoms with Crippen LogP contribution in [0.15, 0.2) is 69.5 Å². The van der Waals surface area contributed by atoms with Gasteiger partial charge in [-0.25, -0.2) is 4.79 Å². The Labute approximate surface area is 203 Å². The number of benzene rings is 1. The van der Waals surface area contributed by atoms with E-state index in [2.05, 4.69) is 23.3 Å². The van der Waals surface area contributed by atoms with Crippen molar-refractivity contribution in [3.8, 4) is 6.07 Å². The molecule has 1 aromatic carbocycles. The van der Waals surface area contributed by atoms with E-state index in [0.717, 1.165) is 22.4 Å². The average molecular weight is 478 g/mol. The second kappa shape index (κ2) is 10.9. The van der Waals surface area contributed by atoms with Gasteiger partial charge in [0.05, 0.1) is 40.2 Å². The predicted octanol–water partition coefficient (Wildman–Crippen LogP) is 5.00. The Kier molecular flexibility index (Phi) is 8.03. The number of aryl methyl sites for hydroxylation is 3. The van der Waals surface area contributed by atoms with Crippen LogP contribution in [0, 0.1) is 32.1 Å². The van der Waals surface area contributed by atoms with Gasteiger partial charge in [0.1, 0.15) is 12.4 Å². The number of nitriles is 1. The lowest BCUT2D eigenvalue weighted by Crippen LogP contribution is -2.29. The van der Waals surface area contributed by atoms with Crippen molar-refractivity contribution in [3.05, 3.63) is 87.5 Å². The SMILES string of the molecule is C=CCOC(=O)C1=C(C)NC(SCC(=O)Nc2c(C)cc(C)cc2C)=C(C#N)[C@@H]1c1ccco1. The van der Waals surface area contributed by atoms with Gasteiger partial charge in [0.25, 0.3) is 0 Å². The summed E-state index contributed by atoms with van der Waals surface area (Å²) in [5.41, 5.74) is 5.00. The second-order valence-corrected chi connectivity index (χ2v) is 8.95. The lowest BCUT2D eigenvalue weighted by molar-refractivity contribution is -0.138. The highest BCUT2D eigenvalue weighted by molar-refractivity contribution is 8.03. The van der Waals surface area contributed by atoms with E-state index in [-0.39, 0.29) is 29.4 Å². The van der Waals surface area contributed by atoms with Crippen molar-refractivity contribution in [2.75, 3.05) is 17.7 Å². The van der Waals surface area contributed by atoms with Gasteiger partial charge in [-0.1, -0.05) is 42.1 Å². The highest BCUT2D eigenvalue weighted by Gasteiger charge is 2.37. The first-order chi connectivity index (χ1) is 16.3. The largest absolute Gasteiger partial charge is 0.468 e. The molecule has 0 fully saturated rings. The second-order valence-electron chi connectivity index (χ2n) is 7.96. The summed E-state index contributed by atoms with van der Waals surface area (Å²) in [6, 6.07) is 9.63. The lowest BCUT2D eigenvalue weighted by atomic mass is 9.86. The van der Waals surface area contributed by atoms with Crippen molar-refractivity contribution >= 4 is 29.3 Å². The third kappa shape index (κ3) is 5.43. The maximum atomic E-state index is 12.8. The van der Waals surface area contributed by atoms with Gasteiger partial charge in [0, 0.05) is 11.4 Å². The number of carbonyl (C=O) groups excluding carboxylic acids is 2. The third-order valence-electron chi connectivity index (χ3n) is 5.32. The molecule has 3 rings (SSSR count). The summed E-state index contributed by atoms with van der Waals surface area (Å²) in [6.07, 6.45) is 2.96. The standard InChI is InChI=1S/C26H27N3O4S/c1-6-9-33-26(31)22-18(5)28-25(19(13-27)23(22)20-8-7-10-32-20)34-14-21(30)29-24-16(3)11-15(2)12-17(24)4/h6-8,10-12,23,28H,1,9,14H2,2-5H3,(H,29,30)/t23-/m1/s1. The summed E-state index contributed by atoms with van der Waals surface area (Å²) in [7, 11) is 0. The molecule has 2 aromatic rings. The number of hydrogen-bond donors (Lipinski definition) is 2. The minimum absolute atomic E-state index is 0.0473. The van der Waals surface area contributed by atoms with E-state index >= 15 is 0 Å². The Balaban J connectivity index is 1.85. The van der Waals surface area contributed by atoms with Gasteiger partial charge in [0.2, 0.25) is 5.91 Å². The van der Waals surface area contributed by atoms with Crippen molar-refractivity contribution in [1.82, 2.24) is 5.32 Å². The number of dihydropyridines is 1. The molecular formula is C26H27N3O4S. The zero-order valence-electron chi connectivity index (χ0n) is 19.7. The molecule has 1 atom stereocenters. The van der Waals surface area contributed by atoms with Crippen LogP contribution in [0.1, 0.15) is 35.3 Å². The number of esters is 1. The number of carbonyl (C=O) groups is 2. The Bertz CT molecular complexity index is 1200. The van der Waals surface area contributed by atoms with Crippen LogP contribution in [0.2, 0.25) is 0 Å². The van der Waals surface area contributed by atoms with Crippen molar-refractivity contribution in [3.63, 3.8) is 0 Å². The fraction of sp³-hybridized carbons (Fsp3) is 0.269. The van der Waals surface area contributed by atoms with E-state index < -0.39 is 11.9 Å². The molecule has 0 saturated carbocycles. The van der Waals surface area contributed by atoms with Crippen LogP contribution >= 0.6 is 11.8 Å². The molecule has 34 heavy (non-hydrogen) atoms. The number of hydrogen-bond acceptors (Lipinski definition) is 7. The van der Waals surface area contributed by atoms with E-state index in [0.29, 0.717) is 16.5 Å². The van der Waals surface area contributed by atoms with Gasteiger partial charge >= 0.3 is 5.97 Å². The molecule has 176 valence electrons. The number of anilines is 1. The minimum atomic E-state index is -0.745. The zero-order chi connectivity index (χ0) is 24.8. The number of nitrogens with one attached hydrogen (secondary N) is 2. The molecule has 1 amide bonds. The fourth-order valence-corrected chi connectivity index (χ4v) is 4.83. The number of rotatable bonds is 8. The quantitative estimate of drug-likeness (QED) is 0.407. The smallest absolute Gasteiger partial charge is 0.337 e. The first kappa shape index (κ1) is 24.9. The summed E-state index contributed by atoms with van der Waals surface area (Å²) >= 11 is 1.20. The molecule has 0 bridgehead atoms. The molecule has 1 aliphatic heterocycles. The Morgan fingerprint density at radius 3 is 2.59 bits per heavy atom. The van der Waals surface area contributed by atoms with Crippen LogP contribution in [0.3, 0.4) is 0 Å². The molecule has 0 aliphatic carbocycles. The number of nitrogens with zero attached hydrogens (tertiary/aromatic N) is 1. The number of thioether (sulfide) groups is 1. The Morgan fingerprint density at radius 2 is 2.00 bits per heavy atom. The first-order valence-electron chi connectivity index (χ1n) is 10.7. The van der Waals surface area contributed by atoms with E-state index in [1.807, 2.05) is 32.9 Å². The van der Waals surface area contributed by atoms with E-state index in [9.17, 15) is 14.9 Å². The molecule has 2 heterocycles. The normalized spacial score (nSPS) is 15.4. The van der Waals surface area contributed by atoms with E-state index in [4.69, 9.17) is 9.15 Å². The van der Waals surface area contributed by atoms with Gasteiger partial charge in [-0.05, 0) is 51.0 Å². The number of furan rings is 1. The van der Waals surface area contributed by atoms with Crippen LogP contribution in [0.5, 0.6) is 0 Å². The average Bonchev–Trinajstić information content (AvgIpc) is 3.32. The monoisotopic (exact) mass is 477 g/mol. The predicted molar refractivity (Wildman–Crippen MR) is 133 cm³/mol. The Morgan fingerprint density at radius 1 is 1.29 bits per heavy atom. The molecule has 2 N–H and O–H groups in total. The van der Waals surface area contributed by atoms with Crippen LogP contribution in [0.4, 0.5) is 5.69 Å². The first-order valence-corrected chi connectivity index (χ1v) is 11.7. The molecule has 8 heteroatoms. The van der Waals surface area contributed by atoms with Crippen LogP contribution < -0.4 is 10.6 Å². The molecule has 7 nitrogen and oxygen atoms in total. The third-order valence-corrected chi connectivity index (χ3v) is 6.33. The van der Waals surface area contributed by atoms with Gasteiger partial charge in [0.15, 0.2) is 0 Å². The highest BCUT2D eigenvalue weighted by Crippen LogP contribution is 2.41. The summed E-state index contributed by atoms with van der Waals surface area (Å²) < 4.78 is 10.8. The number of allylic oxidation sites excluding steroid dienone is 2. The molecule has 1 aromatic heterocycles. The maximum absolute atomic E-state index is 12.8. The summed E-state index contributed by atoms with van der Waals surface area (Å²) in [6.45, 7) is 11.3. The molecule has 1 aliphatic rings. The molecular weight excluding hydrogens is 450 g/mol. The molecule has 0 saturated heterocycles. The molecule has 0 radical (unpaired) electrons. The van der Waals surface area contributed by atoms with Crippen molar-refractivity contribution in [2.24, 2.45) is 0 Å². The lowest BCUT2D eigenvalue weighted by Gasteiger charge is -2.27. The van der Waals surface area contributed by atoms with E-state index in [1.54, 1.807) is 19.1 Å². The van der Waals surface area contributed by atoms with Crippen molar-refractivity contribution in [1.29, 1.82) is 5.26 Å². The highest BCUT2D eigenvalue weighted by atomic mass is 32.2. The van der Waals surface area contributed by atoms with Crippen LogP contribution in [-0.2, 0) is 14.3 Å². The van der Waals surface area contributed by atoms with Gasteiger partial charge in [-0.2, -0.15) is 5.26 Å². The summed E-state index contributed by atoms with van der Waals surface area (Å²) in [4.78, 5) is 25.5.